The molecule has 2 fully saturated rings. The van der Waals surface area contributed by atoms with Crippen LogP contribution in [0, 0.1) is 40.6 Å². The molecule has 1 aliphatic carbocycles. The minimum Gasteiger partial charge on any atom is -0.490 e. The number of halogens is 3. The van der Waals surface area contributed by atoms with E-state index in [0.29, 0.717) is 37.3 Å². The Kier molecular flexibility index (Phi) is 7.71. The third-order valence-corrected chi connectivity index (χ3v) is 6.65. The number of Topliss-reactive ketones (excluding diaryl/α,β-unsaturated/α-hetero) is 1. The van der Waals surface area contributed by atoms with E-state index in [1.165, 1.54) is 24.3 Å². The number of nitriles is 1. The molecular weight excluding hydrogens is 461 g/mol. The lowest BCUT2D eigenvalue weighted by Gasteiger charge is -2.29. The number of benzene rings is 2. The van der Waals surface area contributed by atoms with Gasteiger partial charge in [0.15, 0.2) is 17.3 Å². The molecule has 1 saturated heterocycles. The van der Waals surface area contributed by atoms with Crippen LogP contribution in [0.25, 0.3) is 0 Å². The summed E-state index contributed by atoms with van der Waals surface area (Å²) in [7, 11) is 0. The monoisotopic (exact) mass is 486 g/mol. The zero-order chi connectivity index (χ0) is 24.9. The minimum absolute atomic E-state index is 0.00474. The summed E-state index contributed by atoms with van der Waals surface area (Å²) >= 11 is 0. The second-order valence-corrected chi connectivity index (χ2v) is 8.97. The van der Waals surface area contributed by atoms with Gasteiger partial charge in [-0.05, 0) is 75.3 Å². The van der Waals surface area contributed by atoms with E-state index in [4.69, 9.17) is 14.7 Å². The summed E-state index contributed by atoms with van der Waals surface area (Å²) in [6.45, 7) is 0.914. The van der Waals surface area contributed by atoms with Crippen molar-refractivity contribution in [3.05, 3.63) is 58.9 Å². The van der Waals surface area contributed by atoms with Crippen LogP contribution in [0.4, 0.5) is 13.2 Å². The molecule has 2 aromatic carbocycles. The summed E-state index contributed by atoms with van der Waals surface area (Å²) in [6.07, 6.45) is 4.68. The van der Waals surface area contributed by atoms with Crippen LogP contribution in [0.1, 0.15) is 54.4 Å². The van der Waals surface area contributed by atoms with Gasteiger partial charge in [-0.25, -0.2) is 13.6 Å². The van der Waals surface area contributed by atoms with E-state index in [1.807, 2.05) is 6.07 Å². The van der Waals surface area contributed by atoms with E-state index in [9.17, 15) is 22.8 Å². The van der Waals surface area contributed by atoms with E-state index in [1.54, 1.807) is 0 Å². The molecule has 9 heteroatoms. The summed E-state index contributed by atoms with van der Waals surface area (Å²) in [4.78, 5) is 24.8. The summed E-state index contributed by atoms with van der Waals surface area (Å²) < 4.78 is 54.0. The number of ether oxygens (including phenoxy) is 2. The van der Waals surface area contributed by atoms with Crippen LogP contribution < -0.4 is 14.8 Å². The highest BCUT2D eigenvalue weighted by molar-refractivity contribution is 5.92. The van der Waals surface area contributed by atoms with Gasteiger partial charge in [-0.15, -0.1) is 0 Å². The number of hydrogen-bond donors (Lipinski definition) is 1. The van der Waals surface area contributed by atoms with E-state index in [-0.39, 0.29) is 36.0 Å². The quantitative estimate of drug-likeness (QED) is 0.347. The molecule has 2 aromatic rings. The Balaban J connectivity index is 1.35. The summed E-state index contributed by atoms with van der Waals surface area (Å²) in [5.41, 5.74) is -0.862. The fourth-order valence-corrected chi connectivity index (χ4v) is 4.65. The highest BCUT2D eigenvalue weighted by Gasteiger charge is 2.33. The molecule has 6 nitrogen and oxygen atoms in total. The number of hydrogen-bond acceptors (Lipinski definition) is 6. The number of esters is 1. The highest BCUT2D eigenvalue weighted by Crippen LogP contribution is 2.33. The number of carbonyl (C=O) groups is 2. The number of rotatable bonds is 7. The van der Waals surface area contributed by atoms with Gasteiger partial charge in [0, 0.05) is 12.0 Å². The Hall–Kier alpha value is -3.38. The van der Waals surface area contributed by atoms with Gasteiger partial charge < -0.3 is 14.8 Å². The standard InChI is InChI=1S/C26H25F3N2O4/c27-19-12-21(34-14-16-3-7-17(8-4-16)25(32)20-2-1-11-31-20)23(28)24(29)22(19)26(33)35-18-9-5-15(13-30)6-10-18/h5-6,9-10,12,16-17,20,31H,1-4,7-8,11,14H2. The van der Waals surface area contributed by atoms with Gasteiger partial charge in [0.05, 0.1) is 24.3 Å². The SMILES string of the molecule is N#Cc1ccc(OC(=O)c2c(F)cc(OCC3CCC(C(=O)C4CCCN4)CC3)c(F)c2F)cc1. The van der Waals surface area contributed by atoms with Gasteiger partial charge >= 0.3 is 5.97 Å². The maximum Gasteiger partial charge on any atom is 0.349 e. The Morgan fingerprint density at radius 1 is 1.03 bits per heavy atom. The van der Waals surface area contributed by atoms with E-state index < -0.39 is 34.7 Å². The van der Waals surface area contributed by atoms with Crippen LogP contribution in [-0.2, 0) is 4.79 Å². The van der Waals surface area contributed by atoms with Crippen LogP contribution in [0.5, 0.6) is 11.5 Å². The largest absolute Gasteiger partial charge is 0.490 e. The topological polar surface area (TPSA) is 88.4 Å². The molecule has 4 rings (SSSR count). The summed E-state index contributed by atoms with van der Waals surface area (Å²) in [5.74, 6) is -6.29. The zero-order valence-electron chi connectivity index (χ0n) is 19.0. The molecule has 0 radical (unpaired) electrons. The summed E-state index contributed by atoms with van der Waals surface area (Å²) in [5, 5.41) is 12.0. The normalized spacial score (nSPS) is 21.8. The maximum absolute atomic E-state index is 14.6. The first-order valence-corrected chi connectivity index (χ1v) is 11.7. The predicted octanol–water partition coefficient (Wildman–Crippen LogP) is 4.70. The van der Waals surface area contributed by atoms with E-state index >= 15 is 0 Å². The second kappa shape index (κ2) is 10.9. The van der Waals surface area contributed by atoms with Gasteiger partial charge in [0.25, 0.3) is 0 Å². The molecule has 1 unspecified atom stereocenters. The number of nitrogens with zero attached hydrogens (tertiary/aromatic N) is 1. The van der Waals surface area contributed by atoms with Crippen molar-refractivity contribution in [2.45, 2.75) is 44.6 Å². The van der Waals surface area contributed by atoms with Crippen molar-refractivity contribution in [3.63, 3.8) is 0 Å². The molecule has 1 aliphatic heterocycles. The Morgan fingerprint density at radius 3 is 2.37 bits per heavy atom. The van der Waals surface area contributed by atoms with Crippen molar-refractivity contribution >= 4 is 11.8 Å². The lowest BCUT2D eigenvalue weighted by atomic mass is 9.78. The minimum atomic E-state index is -1.70. The average Bonchev–Trinajstić information content (AvgIpc) is 3.41. The first kappa shape index (κ1) is 24.7. The lowest BCUT2D eigenvalue weighted by molar-refractivity contribution is -0.125. The molecule has 184 valence electrons. The molecule has 0 aromatic heterocycles. The first-order valence-electron chi connectivity index (χ1n) is 11.7. The molecule has 35 heavy (non-hydrogen) atoms. The fourth-order valence-electron chi connectivity index (χ4n) is 4.65. The highest BCUT2D eigenvalue weighted by atomic mass is 19.2. The molecule has 1 saturated carbocycles. The van der Waals surface area contributed by atoms with Crippen molar-refractivity contribution in [1.29, 1.82) is 5.26 Å². The Labute approximate surface area is 201 Å². The smallest absolute Gasteiger partial charge is 0.349 e. The zero-order valence-corrected chi connectivity index (χ0v) is 19.0. The van der Waals surface area contributed by atoms with Crippen molar-refractivity contribution < 1.29 is 32.2 Å². The Morgan fingerprint density at radius 2 is 1.74 bits per heavy atom. The fraction of sp³-hybridized carbons (Fsp3) is 0.423. The first-order chi connectivity index (χ1) is 16.9. The molecule has 1 heterocycles. The van der Waals surface area contributed by atoms with Crippen molar-refractivity contribution in [3.8, 4) is 17.6 Å². The van der Waals surface area contributed by atoms with Crippen molar-refractivity contribution in [2.24, 2.45) is 11.8 Å². The second-order valence-electron chi connectivity index (χ2n) is 8.97. The molecular formula is C26H25F3N2O4. The molecule has 2 aliphatic rings. The van der Waals surface area contributed by atoms with Crippen LogP contribution in [0.15, 0.2) is 30.3 Å². The maximum atomic E-state index is 14.6. The van der Waals surface area contributed by atoms with Gasteiger partial charge in [-0.2, -0.15) is 9.65 Å². The van der Waals surface area contributed by atoms with Crippen molar-refractivity contribution in [2.75, 3.05) is 13.2 Å². The number of nitrogens with one attached hydrogen (secondary N) is 1. The predicted molar refractivity (Wildman–Crippen MR) is 119 cm³/mol. The number of ketones is 1. The van der Waals surface area contributed by atoms with E-state index in [2.05, 4.69) is 5.32 Å². The number of carbonyl (C=O) groups excluding carboxylic acids is 2. The third-order valence-electron chi connectivity index (χ3n) is 6.65. The average molecular weight is 486 g/mol. The van der Waals surface area contributed by atoms with Crippen LogP contribution in [0.3, 0.4) is 0 Å². The van der Waals surface area contributed by atoms with Gasteiger partial charge in [-0.1, -0.05) is 0 Å². The molecule has 0 bridgehead atoms. The van der Waals surface area contributed by atoms with Crippen molar-refractivity contribution in [1.82, 2.24) is 5.32 Å². The van der Waals surface area contributed by atoms with Gasteiger partial charge in [0.1, 0.15) is 17.1 Å². The molecule has 1 N–H and O–H groups in total. The Bertz CT molecular complexity index is 1130. The van der Waals surface area contributed by atoms with Crippen LogP contribution in [0.2, 0.25) is 0 Å². The van der Waals surface area contributed by atoms with Crippen LogP contribution >= 0.6 is 0 Å². The van der Waals surface area contributed by atoms with Gasteiger partial charge in [0.2, 0.25) is 5.82 Å². The molecule has 0 amide bonds. The van der Waals surface area contributed by atoms with Crippen LogP contribution in [-0.4, -0.2) is 30.9 Å². The lowest BCUT2D eigenvalue weighted by Crippen LogP contribution is -2.37. The molecule has 1 atom stereocenters. The summed E-state index contributed by atoms with van der Waals surface area (Å²) in [6, 6.07) is 7.75. The van der Waals surface area contributed by atoms with E-state index in [0.717, 1.165) is 19.4 Å². The van der Waals surface area contributed by atoms with Gasteiger partial charge in [-0.3, -0.25) is 4.79 Å². The third kappa shape index (κ3) is 5.65. The molecule has 0 spiro atoms.